The van der Waals surface area contributed by atoms with Crippen molar-refractivity contribution in [3.63, 3.8) is 0 Å². The van der Waals surface area contributed by atoms with Crippen LogP contribution >= 0.6 is 23.2 Å². The molecule has 1 saturated carbocycles. The Labute approximate surface area is 213 Å². The Morgan fingerprint density at radius 3 is 2.26 bits per heavy atom. The van der Waals surface area contributed by atoms with Crippen molar-refractivity contribution in [3.05, 3.63) is 63.1 Å². The maximum absolute atomic E-state index is 12.5. The van der Waals surface area contributed by atoms with Gasteiger partial charge in [-0.3, -0.25) is 4.90 Å². The summed E-state index contributed by atoms with van der Waals surface area (Å²) in [4.78, 5) is 15.0. The van der Waals surface area contributed by atoms with E-state index in [-0.39, 0.29) is 12.0 Å². The first-order valence-electron chi connectivity index (χ1n) is 12.3. The van der Waals surface area contributed by atoms with E-state index in [2.05, 4.69) is 11.8 Å². The highest BCUT2D eigenvalue weighted by atomic mass is 35.5. The number of halogens is 2. The van der Waals surface area contributed by atoms with Gasteiger partial charge in [0, 0.05) is 16.1 Å². The predicted molar refractivity (Wildman–Crippen MR) is 138 cm³/mol. The number of hydrogen-bond donors (Lipinski definition) is 0. The van der Waals surface area contributed by atoms with Crippen LogP contribution in [0.2, 0.25) is 10.0 Å². The molecule has 0 N–H and O–H groups in total. The first-order chi connectivity index (χ1) is 16.1. The molecule has 184 valence electrons. The standard InChI is InChI=1S/C28H35Cl2NO3/c1-18(22-13-23(29)16-24(30)14-22)31-11-9-19(10-12-31)17-33-26-8-7-21(15-25(26)20-5-6-20)27(32)34-28(2,3)4/h7-8,13-16,18-20H,5-6,9-12,17H2,1-4H3/t18-/m0/s1. The summed E-state index contributed by atoms with van der Waals surface area (Å²) < 4.78 is 11.9. The zero-order chi connectivity index (χ0) is 24.5. The number of likely N-dealkylation sites (tertiary alicyclic amines) is 1. The van der Waals surface area contributed by atoms with Crippen molar-refractivity contribution in [1.29, 1.82) is 0 Å². The lowest BCUT2D eigenvalue weighted by Gasteiger charge is -2.36. The summed E-state index contributed by atoms with van der Waals surface area (Å²) >= 11 is 12.4. The van der Waals surface area contributed by atoms with Gasteiger partial charge in [0.25, 0.3) is 0 Å². The van der Waals surface area contributed by atoms with Crippen LogP contribution in [0, 0.1) is 5.92 Å². The highest BCUT2D eigenvalue weighted by Crippen LogP contribution is 2.45. The Bertz CT molecular complexity index is 1000. The monoisotopic (exact) mass is 503 g/mol. The Balaban J connectivity index is 1.33. The summed E-state index contributed by atoms with van der Waals surface area (Å²) in [6, 6.07) is 11.8. The molecule has 1 heterocycles. The van der Waals surface area contributed by atoms with Crippen molar-refractivity contribution in [2.45, 2.75) is 70.9 Å². The SMILES string of the molecule is C[C@@H](c1cc(Cl)cc(Cl)c1)N1CCC(COc2ccc(C(=O)OC(C)(C)C)cc2C2CC2)CC1. The molecule has 0 radical (unpaired) electrons. The van der Waals surface area contributed by atoms with E-state index in [0.29, 0.717) is 34.1 Å². The zero-order valence-electron chi connectivity index (χ0n) is 20.6. The highest BCUT2D eigenvalue weighted by molar-refractivity contribution is 6.34. The van der Waals surface area contributed by atoms with Gasteiger partial charge in [0.1, 0.15) is 11.4 Å². The summed E-state index contributed by atoms with van der Waals surface area (Å²) in [6.45, 7) is 10.6. The van der Waals surface area contributed by atoms with Crippen LogP contribution in [0.15, 0.2) is 36.4 Å². The number of carbonyl (C=O) groups is 1. The minimum absolute atomic E-state index is 0.275. The van der Waals surface area contributed by atoms with E-state index in [1.54, 1.807) is 6.07 Å². The summed E-state index contributed by atoms with van der Waals surface area (Å²) in [7, 11) is 0. The third-order valence-corrected chi connectivity index (χ3v) is 7.14. The minimum atomic E-state index is -0.503. The average Bonchev–Trinajstić information content (AvgIpc) is 3.61. The molecule has 0 aromatic heterocycles. The largest absolute Gasteiger partial charge is 0.493 e. The molecule has 0 bridgehead atoms. The topological polar surface area (TPSA) is 38.8 Å². The molecular formula is C28H35Cl2NO3. The summed E-state index contributed by atoms with van der Waals surface area (Å²) in [5.41, 5.74) is 2.41. The van der Waals surface area contributed by atoms with Gasteiger partial charge in [-0.25, -0.2) is 4.79 Å². The molecule has 0 spiro atoms. The van der Waals surface area contributed by atoms with Crippen molar-refractivity contribution in [1.82, 2.24) is 4.90 Å². The third kappa shape index (κ3) is 6.68. The van der Waals surface area contributed by atoms with Crippen LogP contribution in [0.5, 0.6) is 5.75 Å². The van der Waals surface area contributed by atoms with Gasteiger partial charge in [0.2, 0.25) is 0 Å². The van der Waals surface area contributed by atoms with E-state index in [4.69, 9.17) is 32.7 Å². The fraction of sp³-hybridized carbons (Fsp3) is 0.536. The van der Waals surface area contributed by atoms with Gasteiger partial charge in [0.15, 0.2) is 0 Å². The lowest BCUT2D eigenvalue weighted by atomic mass is 9.95. The first-order valence-corrected chi connectivity index (χ1v) is 13.0. The predicted octanol–water partition coefficient (Wildman–Crippen LogP) is 7.68. The summed E-state index contributed by atoms with van der Waals surface area (Å²) in [6.07, 6.45) is 4.48. The van der Waals surface area contributed by atoms with Crippen LogP contribution in [-0.2, 0) is 4.74 Å². The van der Waals surface area contributed by atoms with E-state index in [0.717, 1.165) is 55.6 Å². The fourth-order valence-corrected chi connectivity index (χ4v) is 5.14. The lowest BCUT2D eigenvalue weighted by Crippen LogP contribution is -2.37. The second-order valence-corrected chi connectivity index (χ2v) is 11.6. The van der Waals surface area contributed by atoms with E-state index >= 15 is 0 Å². The molecule has 1 aliphatic carbocycles. The quantitative estimate of drug-likeness (QED) is 0.363. The summed E-state index contributed by atoms with van der Waals surface area (Å²) in [5.74, 6) is 1.65. The van der Waals surface area contributed by atoms with Crippen molar-refractivity contribution in [3.8, 4) is 5.75 Å². The number of rotatable bonds is 7. The van der Waals surface area contributed by atoms with Crippen LogP contribution < -0.4 is 4.74 Å². The molecule has 1 aliphatic heterocycles. The van der Waals surface area contributed by atoms with Crippen LogP contribution in [0.3, 0.4) is 0 Å². The van der Waals surface area contributed by atoms with Gasteiger partial charge in [-0.05, 0) is 126 Å². The molecule has 1 atom stereocenters. The first kappa shape index (κ1) is 25.3. The second kappa shape index (κ2) is 10.5. The van der Waals surface area contributed by atoms with Crippen molar-refractivity contribution < 1.29 is 14.3 Å². The van der Waals surface area contributed by atoms with E-state index in [9.17, 15) is 4.79 Å². The normalized spacial score (nSPS) is 18.5. The molecule has 4 nitrogen and oxygen atoms in total. The number of carbonyl (C=O) groups excluding carboxylic acids is 1. The Kier molecular flexibility index (Phi) is 7.81. The second-order valence-electron chi connectivity index (χ2n) is 10.7. The van der Waals surface area contributed by atoms with Gasteiger partial charge < -0.3 is 9.47 Å². The number of hydrogen-bond acceptors (Lipinski definition) is 4. The van der Waals surface area contributed by atoms with E-state index < -0.39 is 5.60 Å². The molecule has 4 rings (SSSR count). The molecule has 2 aliphatic rings. The van der Waals surface area contributed by atoms with Gasteiger partial charge >= 0.3 is 5.97 Å². The lowest BCUT2D eigenvalue weighted by molar-refractivity contribution is 0.00693. The summed E-state index contributed by atoms with van der Waals surface area (Å²) in [5, 5.41) is 1.36. The molecule has 2 aromatic rings. The van der Waals surface area contributed by atoms with Crippen LogP contribution in [0.4, 0.5) is 0 Å². The maximum atomic E-state index is 12.5. The van der Waals surface area contributed by atoms with Gasteiger partial charge in [-0.2, -0.15) is 0 Å². The van der Waals surface area contributed by atoms with Crippen molar-refractivity contribution in [2.75, 3.05) is 19.7 Å². The Morgan fingerprint density at radius 2 is 1.68 bits per heavy atom. The molecule has 2 aromatic carbocycles. The maximum Gasteiger partial charge on any atom is 0.338 e. The fourth-order valence-electron chi connectivity index (χ4n) is 4.60. The number of benzene rings is 2. The Hall–Kier alpha value is -1.75. The van der Waals surface area contributed by atoms with Gasteiger partial charge in [-0.1, -0.05) is 23.2 Å². The molecule has 1 saturated heterocycles. The molecule has 34 heavy (non-hydrogen) atoms. The van der Waals surface area contributed by atoms with Crippen molar-refractivity contribution >= 4 is 29.2 Å². The molecule has 6 heteroatoms. The van der Waals surface area contributed by atoms with Gasteiger partial charge in [0.05, 0.1) is 12.2 Å². The van der Waals surface area contributed by atoms with E-state index in [1.165, 1.54) is 0 Å². The molecular weight excluding hydrogens is 469 g/mol. The number of piperidine rings is 1. The molecule has 2 fully saturated rings. The van der Waals surface area contributed by atoms with Crippen molar-refractivity contribution in [2.24, 2.45) is 5.92 Å². The van der Waals surface area contributed by atoms with Crippen LogP contribution in [0.25, 0.3) is 0 Å². The smallest absolute Gasteiger partial charge is 0.338 e. The van der Waals surface area contributed by atoms with Gasteiger partial charge in [-0.15, -0.1) is 0 Å². The average molecular weight is 504 g/mol. The number of ether oxygens (including phenoxy) is 2. The highest BCUT2D eigenvalue weighted by Gasteiger charge is 2.30. The van der Waals surface area contributed by atoms with Crippen LogP contribution in [-0.4, -0.2) is 36.2 Å². The van der Waals surface area contributed by atoms with E-state index in [1.807, 2.05) is 51.1 Å². The Morgan fingerprint density at radius 1 is 1.03 bits per heavy atom. The molecule has 0 amide bonds. The zero-order valence-corrected chi connectivity index (χ0v) is 22.1. The van der Waals surface area contributed by atoms with Crippen LogP contribution in [0.1, 0.15) is 86.8 Å². The number of esters is 1. The third-order valence-electron chi connectivity index (χ3n) is 6.70. The minimum Gasteiger partial charge on any atom is -0.493 e. The molecule has 0 unspecified atom stereocenters. The number of nitrogens with zero attached hydrogens (tertiary/aromatic N) is 1.